The van der Waals surface area contributed by atoms with E-state index in [0.717, 1.165) is 35.7 Å². The molecule has 2 rings (SSSR count). The molecule has 1 aromatic heterocycles. The van der Waals surface area contributed by atoms with E-state index in [2.05, 4.69) is 28.9 Å². The number of nitrogens with zero attached hydrogens (tertiary/aromatic N) is 3. The van der Waals surface area contributed by atoms with Gasteiger partial charge in [0.05, 0.1) is 11.3 Å². The van der Waals surface area contributed by atoms with Crippen molar-refractivity contribution in [3.63, 3.8) is 0 Å². The molecule has 104 valence electrons. The van der Waals surface area contributed by atoms with Gasteiger partial charge in [-0.1, -0.05) is 26.1 Å². The molecule has 1 saturated heterocycles. The first-order valence-electron chi connectivity index (χ1n) is 6.70. The van der Waals surface area contributed by atoms with Gasteiger partial charge in [0.1, 0.15) is 4.99 Å². The van der Waals surface area contributed by atoms with Gasteiger partial charge in [-0.25, -0.2) is 0 Å². The van der Waals surface area contributed by atoms with Crippen LogP contribution >= 0.6 is 12.2 Å². The Bertz CT molecular complexity index is 510. The van der Waals surface area contributed by atoms with E-state index >= 15 is 0 Å². The molecular weight excluding hydrogens is 256 g/mol. The number of piperidine rings is 1. The maximum absolute atomic E-state index is 5.90. The molecule has 0 unspecified atom stereocenters. The molecule has 0 radical (unpaired) electrons. The lowest BCUT2D eigenvalue weighted by Crippen LogP contribution is -2.41. The third-order valence-electron chi connectivity index (χ3n) is 3.88. The molecule has 0 amide bonds. The minimum atomic E-state index is 0.298. The van der Waals surface area contributed by atoms with E-state index in [1.54, 1.807) is 0 Å². The minimum Gasteiger partial charge on any atom is -0.389 e. The monoisotopic (exact) mass is 278 g/mol. The third kappa shape index (κ3) is 2.86. The average Bonchev–Trinajstić information content (AvgIpc) is 2.30. The van der Waals surface area contributed by atoms with E-state index in [0.29, 0.717) is 10.4 Å². The fourth-order valence-electron chi connectivity index (χ4n) is 2.72. The molecule has 0 aliphatic carbocycles. The molecule has 0 bridgehead atoms. The normalized spacial score (nSPS) is 18.4. The van der Waals surface area contributed by atoms with Gasteiger partial charge in [0.25, 0.3) is 0 Å². The molecule has 4 nitrogen and oxygen atoms in total. The highest BCUT2D eigenvalue weighted by molar-refractivity contribution is 7.80. The first kappa shape index (κ1) is 14.2. The highest BCUT2D eigenvalue weighted by atomic mass is 32.1. The van der Waals surface area contributed by atoms with E-state index < -0.39 is 0 Å². The summed E-state index contributed by atoms with van der Waals surface area (Å²) < 4.78 is 0. The van der Waals surface area contributed by atoms with Crippen molar-refractivity contribution >= 4 is 23.0 Å². The highest BCUT2D eigenvalue weighted by Crippen LogP contribution is 2.32. The Labute approximate surface area is 120 Å². The molecule has 5 heteroatoms. The van der Waals surface area contributed by atoms with Gasteiger partial charge in [-0.2, -0.15) is 5.10 Å². The van der Waals surface area contributed by atoms with Crippen LogP contribution in [0.1, 0.15) is 43.5 Å². The van der Waals surface area contributed by atoms with E-state index in [1.165, 1.54) is 12.8 Å². The van der Waals surface area contributed by atoms with E-state index in [4.69, 9.17) is 18.0 Å². The van der Waals surface area contributed by atoms with Crippen molar-refractivity contribution in [3.8, 4) is 0 Å². The average molecular weight is 278 g/mol. The summed E-state index contributed by atoms with van der Waals surface area (Å²) in [6.07, 6.45) is 2.41. The lowest BCUT2D eigenvalue weighted by Gasteiger charge is -2.39. The van der Waals surface area contributed by atoms with Gasteiger partial charge in [-0.3, -0.25) is 0 Å². The van der Waals surface area contributed by atoms with Crippen molar-refractivity contribution in [3.05, 3.63) is 16.8 Å². The fourth-order valence-corrected chi connectivity index (χ4v) is 2.96. The summed E-state index contributed by atoms with van der Waals surface area (Å²) in [4.78, 5) is 2.69. The Morgan fingerprint density at radius 1 is 1.32 bits per heavy atom. The number of nitrogens with two attached hydrogens (primary N) is 1. The molecule has 1 fully saturated rings. The van der Waals surface area contributed by atoms with Crippen LogP contribution < -0.4 is 10.6 Å². The lowest BCUT2D eigenvalue weighted by atomic mass is 9.84. The molecular formula is C14H22N4S. The second kappa shape index (κ2) is 5.04. The zero-order valence-electron chi connectivity index (χ0n) is 12.2. The number of hydrogen-bond donors (Lipinski definition) is 1. The maximum atomic E-state index is 5.90. The second-order valence-electron chi connectivity index (χ2n) is 6.16. The molecule has 2 N–H and O–H groups in total. The first-order valence-corrected chi connectivity index (χ1v) is 7.11. The summed E-state index contributed by atoms with van der Waals surface area (Å²) in [7, 11) is 0. The van der Waals surface area contributed by atoms with Crippen LogP contribution in [0.15, 0.2) is 0 Å². The Morgan fingerprint density at radius 2 is 2.00 bits per heavy atom. The molecule has 0 aromatic carbocycles. The molecule has 2 heterocycles. The number of thiocarbonyl (C=S) groups is 1. The number of aryl methyl sites for hydroxylation is 1. The lowest BCUT2D eigenvalue weighted by molar-refractivity contribution is 0.291. The molecule has 0 spiro atoms. The summed E-state index contributed by atoms with van der Waals surface area (Å²) in [5.41, 5.74) is 9.02. The minimum absolute atomic E-state index is 0.298. The fraction of sp³-hybridized carbons (Fsp3) is 0.643. The van der Waals surface area contributed by atoms with Crippen LogP contribution in [0.25, 0.3) is 0 Å². The number of anilines is 1. The SMILES string of the molecule is Cc1nnc(N2CCCC(C)(C)C2)c(C(N)=S)c1C. The van der Waals surface area contributed by atoms with Crippen LogP contribution in [0.2, 0.25) is 0 Å². The van der Waals surface area contributed by atoms with E-state index in [1.807, 2.05) is 13.8 Å². The van der Waals surface area contributed by atoms with Crippen LogP contribution in [0.5, 0.6) is 0 Å². The van der Waals surface area contributed by atoms with Crippen LogP contribution in [0, 0.1) is 19.3 Å². The Balaban J connectivity index is 2.45. The van der Waals surface area contributed by atoms with E-state index in [9.17, 15) is 0 Å². The zero-order chi connectivity index (χ0) is 14.2. The van der Waals surface area contributed by atoms with Crippen LogP contribution in [-0.4, -0.2) is 28.3 Å². The van der Waals surface area contributed by atoms with Gasteiger partial charge in [0, 0.05) is 13.1 Å². The largest absolute Gasteiger partial charge is 0.389 e. The van der Waals surface area contributed by atoms with Crippen LogP contribution in [-0.2, 0) is 0 Å². The van der Waals surface area contributed by atoms with Crippen molar-refractivity contribution in [2.45, 2.75) is 40.5 Å². The van der Waals surface area contributed by atoms with Crippen molar-refractivity contribution in [2.75, 3.05) is 18.0 Å². The molecule has 0 saturated carbocycles. The van der Waals surface area contributed by atoms with Crippen molar-refractivity contribution < 1.29 is 0 Å². The second-order valence-corrected chi connectivity index (χ2v) is 6.60. The summed E-state index contributed by atoms with van der Waals surface area (Å²) in [6, 6.07) is 0. The standard InChI is InChI=1S/C14H22N4S/c1-9-10(2)16-17-13(11(9)12(15)19)18-7-5-6-14(3,4)8-18/h5-8H2,1-4H3,(H2,15,19). The van der Waals surface area contributed by atoms with Crippen LogP contribution in [0.4, 0.5) is 5.82 Å². The Morgan fingerprint density at radius 3 is 2.58 bits per heavy atom. The third-order valence-corrected chi connectivity index (χ3v) is 4.09. The van der Waals surface area contributed by atoms with Gasteiger partial charge < -0.3 is 10.6 Å². The van der Waals surface area contributed by atoms with Crippen molar-refractivity contribution in [1.29, 1.82) is 0 Å². The Kier molecular flexibility index (Phi) is 3.76. The number of aromatic nitrogens is 2. The summed E-state index contributed by atoms with van der Waals surface area (Å²) in [5, 5.41) is 8.60. The topological polar surface area (TPSA) is 55.0 Å². The summed E-state index contributed by atoms with van der Waals surface area (Å²) in [6.45, 7) is 10.5. The Hall–Kier alpha value is -1.23. The van der Waals surface area contributed by atoms with Crippen molar-refractivity contribution in [2.24, 2.45) is 11.1 Å². The summed E-state index contributed by atoms with van der Waals surface area (Å²) >= 11 is 5.21. The maximum Gasteiger partial charge on any atom is 0.161 e. The van der Waals surface area contributed by atoms with Gasteiger partial charge in [-0.15, -0.1) is 5.10 Å². The first-order chi connectivity index (χ1) is 8.82. The number of hydrogen-bond acceptors (Lipinski definition) is 4. The predicted molar refractivity (Wildman–Crippen MR) is 82.6 cm³/mol. The van der Waals surface area contributed by atoms with Crippen LogP contribution in [0.3, 0.4) is 0 Å². The molecule has 1 aliphatic heterocycles. The zero-order valence-corrected chi connectivity index (χ0v) is 13.0. The van der Waals surface area contributed by atoms with Gasteiger partial charge in [-0.05, 0) is 37.7 Å². The predicted octanol–water partition coefficient (Wildman–Crippen LogP) is 2.35. The number of rotatable bonds is 2. The molecule has 19 heavy (non-hydrogen) atoms. The van der Waals surface area contributed by atoms with E-state index in [-0.39, 0.29) is 0 Å². The molecule has 0 atom stereocenters. The van der Waals surface area contributed by atoms with Gasteiger partial charge in [0.15, 0.2) is 5.82 Å². The van der Waals surface area contributed by atoms with Gasteiger partial charge >= 0.3 is 0 Å². The van der Waals surface area contributed by atoms with Gasteiger partial charge in [0.2, 0.25) is 0 Å². The smallest absolute Gasteiger partial charge is 0.161 e. The summed E-state index contributed by atoms with van der Waals surface area (Å²) in [5.74, 6) is 0.850. The van der Waals surface area contributed by atoms with Crippen molar-refractivity contribution in [1.82, 2.24) is 10.2 Å². The quantitative estimate of drug-likeness (QED) is 0.842. The highest BCUT2D eigenvalue weighted by Gasteiger charge is 2.29. The molecule has 1 aliphatic rings. The molecule has 1 aromatic rings.